The number of rotatable bonds is 5. The van der Waals surface area contributed by atoms with Crippen molar-refractivity contribution in [3.05, 3.63) is 29.3 Å². The Hall–Kier alpha value is -1.20. The van der Waals surface area contributed by atoms with Gasteiger partial charge in [-0.05, 0) is 44.5 Å². The molecule has 0 radical (unpaired) electrons. The van der Waals surface area contributed by atoms with Crippen LogP contribution in [0.1, 0.15) is 25.3 Å². The molecule has 2 unspecified atom stereocenters. The molecule has 0 spiro atoms. The van der Waals surface area contributed by atoms with Crippen molar-refractivity contribution in [2.24, 2.45) is 0 Å². The predicted molar refractivity (Wildman–Crippen MR) is 68.2 cm³/mol. The van der Waals surface area contributed by atoms with Gasteiger partial charge in [-0.3, -0.25) is 0 Å². The van der Waals surface area contributed by atoms with E-state index in [-0.39, 0.29) is 24.6 Å². The zero-order chi connectivity index (χ0) is 13.8. The van der Waals surface area contributed by atoms with Crippen molar-refractivity contribution in [3.63, 3.8) is 0 Å². The molecule has 3 nitrogen and oxygen atoms in total. The molecule has 0 aliphatic carbocycles. The lowest BCUT2D eigenvalue weighted by Gasteiger charge is -2.14. The highest BCUT2D eigenvalue weighted by molar-refractivity contribution is 5.31. The van der Waals surface area contributed by atoms with E-state index < -0.39 is 11.6 Å². The summed E-state index contributed by atoms with van der Waals surface area (Å²) in [4.78, 5) is 0. The monoisotopic (exact) mass is 271 g/mol. The summed E-state index contributed by atoms with van der Waals surface area (Å²) in [6.07, 6.45) is 1.94. The molecule has 5 heteroatoms. The normalized spacial score (nSPS) is 22.7. The molecule has 1 fully saturated rings. The van der Waals surface area contributed by atoms with Crippen molar-refractivity contribution in [3.8, 4) is 5.75 Å². The minimum Gasteiger partial charge on any atom is -0.485 e. The molecule has 2 rings (SSSR count). The number of benzene rings is 1. The van der Waals surface area contributed by atoms with Crippen LogP contribution in [0.25, 0.3) is 0 Å². The van der Waals surface area contributed by atoms with Crippen molar-refractivity contribution in [1.29, 1.82) is 0 Å². The highest BCUT2D eigenvalue weighted by Crippen LogP contribution is 2.25. The zero-order valence-electron chi connectivity index (χ0n) is 11.2. The van der Waals surface area contributed by atoms with Gasteiger partial charge in [0.1, 0.15) is 6.61 Å². The van der Waals surface area contributed by atoms with Gasteiger partial charge in [0, 0.05) is 6.54 Å². The molecule has 0 amide bonds. The van der Waals surface area contributed by atoms with E-state index in [1.54, 1.807) is 7.05 Å². The Morgan fingerprint density at radius 1 is 1.32 bits per heavy atom. The van der Waals surface area contributed by atoms with E-state index in [0.29, 0.717) is 12.1 Å². The van der Waals surface area contributed by atoms with E-state index in [9.17, 15) is 8.78 Å². The molecular formula is C14H19F2NO2. The van der Waals surface area contributed by atoms with Crippen molar-refractivity contribution < 1.29 is 18.3 Å². The molecule has 1 heterocycles. The maximum atomic E-state index is 13.8. The lowest BCUT2D eigenvalue weighted by atomic mass is 10.2. The van der Waals surface area contributed by atoms with E-state index >= 15 is 0 Å². The first-order chi connectivity index (χ1) is 9.10. The van der Waals surface area contributed by atoms with Crippen molar-refractivity contribution in [2.45, 2.75) is 38.5 Å². The third-order valence-corrected chi connectivity index (χ3v) is 3.17. The average molecular weight is 271 g/mol. The fourth-order valence-electron chi connectivity index (χ4n) is 2.24. The van der Waals surface area contributed by atoms with Gasteiger partial charge >= 0.3 is 0 Å². The van der Waals surface area contributed by atoms with Crippen LogP contribution in [0.2, 0.25) is 0 Å². The highest BCUT2D eigenvalue weighted by atomic mass is 19.1. The summed E-state index contributed by atoms with van der Waals surface area (Å²) in [6.45, 7) is 2.58. The lowest BCUT2D eigenvalue weighted by Crippen LogP contribution is -2.19. The molecule has 1 aromatic carbocycles. The Balaban J connectivity index is 2.00. The fraction of sp³-hybridized carbons (Fsp3) is 0.571. The third kappa shape index (κ3) is 3.64. The molecule has 106 valence electrons. The second-order valence-electron chi connectivity index (χ2n) is 4.88. The van der Waals surface area contributed by atoms with Gasteiger partial charge in [0.2, 0.25) is 0 Å². The number of hydrogen-bond acceptors (Lipinski definition) is 3. The molecular weight excluding hydrogens is 252 g/mol. The van der Waals surface area contributed by atoms with Gasteiger partial charge in [-0.15, -0.1) is 0 Å². The van der Waals surface area contributed by atoms with E-state index in [4.69, 9.17) is 9.47 Å². The number of hydrogen-bond donors (Lipinski definition) is 1. The smallest absolute Gasteiger partial charge is 0.190 e. The van der Waals surface area contributed by atoms with Crippen LogP contribution in [0.15, 0.2) is 12.1 Å². The SMILES string of the molecule is CNCc1cc(F)c(OCC2CCC(C)O2)c(F)c1. The number of halogens is 2. The summed E-state index contributed by atoms with van der Waals surface area (Å²) in [5.41, 5.74) is 0.551. The summed E-state index contributed by atoms with van der Waals surface area (Å²) < 4.78 is 38.3. The van der Waals surface area contributed by atoms with Crippen LogP contribution < -0.4 is 10.1 Å². The van der Waals surface area contributed by atoms with Crippen LogP contribution in [-0.2, 0) is 11.3 Å². The molecule has 1 N–H and O–H groups in total. The van der Waals surface area contributed by atoms with Gasteiger partial charge in [0.25, 0.3) is 0 Å². The van der Waals surface area contributed by atoms with Crippen molar-refractivity contribution in [1.82, 2.24) is 5.32 Å². The van der Waals surface area contributed by atoms with Crippen LogP contribution in [-0.4, -0.2) is 25.9 Å². The first kappa shape index (κ1) is 14.2. The summed E-state index contributed by atoms with van der Waals surface area (Å²) >= 11 is 0. The molecule has 1 aromatic rings. The van der Waals surface area contributed by atoms with Gasteiger partial charge in [0.15, 0.2) is 17.4 Å². The molecule has 0 aromatic heterocycles. The molecule has 0 bridgehead atoms. The molecule has 1 aliphatic rings. The van der Waals surface area contributed by atoms with Crippen LogP contribution in [0.3, 0.4) is 0 Å². The maximum absolute atomic E-state index is 13.8. The second kappa shape index (κ2) is 6.30. The molecule has 1 aliphatic heterocycles. The minimum absolute atomic E-state index is 0.0780. The van der Waals surface area contributed by atoms with E-state index in [1.165, 1.54) is 12.1 Å². The van der Waals surface area contributed by atoms with Gasteiger partial charge in [0.05, 0.1) is 12.2 Å². The fourth-order valence-corrected chi connectivity index (χ4v) is 2.24. The standard InChI is InChI=1S/C14H19F2NO2/c1-9-3-4-11(19-9)8-18-14-12(15)5-10(7-17-2)6-13(14)16/h5-6,9,11,17H,3-4,7-8H2,1-2H3. The van der Waals surface area contributed by atoms with Crippen LogP contribution >= 0.6 is 0 Å². The summed E-state index contributed by atoms with van der Waals surface area (Å²) in [5.74, 6) is -1.66. The molecule has 19 heavy (non-hydrogen) atoms. The summed E-state index contributed by atoms with van der Waals surface area (Å²) in [6, 6.07) is 2.57. The highest BCUT2D eigenvalue weighted by Gasteiger charge is 2.23. The van der Waals surface area contributed by atoms with Gasteiger partial charge in [-0.2, -0.15) is 0 Å². The minimum atomic E-state index is -0.670. The Bertz CT molecular complexity index is 416. The summed E-state index contributed by atoms with van der Waals surface area (Å²) in [5, 5.41) is 2.85. The Morgan fingerprint density at radius 2 is 2.00 bits per heavy atom. The Kier molecular flexibility index (Phi) is 4.71. The van der Waals surface area contributed by atoms with E-state index in [1.807, 2.05) is 6.92 Å². The Labute approximate surface area is 111 Å². The van der Waals surface area contributed by atoms with Gasteiger partial charge < -0.3 is 14.8 Å². The van der Waals surface area contributed by atoms with Crippen LogP contribution in [0.4, 0.5) is 8.78 Å². The maximum Gasteiger partial charge on any atom is 0.190 e. The van der Waals surface area contributed by atoms with E-state index in [0.717, 1.165) is 12.8 Å². The van der Waals surface area contributed by atoms with Crippen molar-refractivity contribution in [2.75, 3.05) is 13.7 Å². The first-order valence-corrected chi connectivity index (χ1v) is 6.51. The Morgan fingerprint density at radius 3 is 2.53 bits per heavy atom. The van der Waals surface area contributed by atoms with Gasteiger partial charge in [-0.1, -0.05) is 0 Å². The van der Waals surface area contributed by atoms with Crippen LogP contribution in [0.5, 0.6) is 5.75 Å². The molecule has 1 saturated heterocycles. The van der Waals surface area contributed by atoms with Crippen LogP contribution in [0, 0.1) is 11.6 Å². The van der Waals surface area contributed by atoms with Crippen molar-refractivity contribution >= 4 is 0 Å². The number of nitrogens with one attached hydrogen (secondary N) is 1. The summed E-state index contributed by atoms with van der Waals surface area (Å²) in [7, 11) is 1.72. The van der Waals surface area contributed by atoms with Gasteiger partial charge in [-0.25, -0.2) is 8.78 Å². The largest absolute Gasteiger partial charge is 0.485 e. The number of ether oxygens (including phenoxy) is 2. The first-order valence-electron chi connectivity index (χ1n) is 6.51. The zero-order valence-corrected chi connectivity index (χ0v) is 11.2. The molecule has 0 saturated carbocycles. The third-order valence-electron chi connectivity index (χ3n) is 3.17. The topological polar surface area (TPSA) is 30.5 Å². The predicted octanol–water partition coefficient (Wildman–Crippen LogP) is 2.63. The quantitative estimate of drug-likeness (QED) is 0.893. The second-order valence-corrected chi connectivity index (χ2v) is 4.88. The molecule has 2 atom stereocenters. The average Bonchev–Trinajstić information content (AvgIpc) is 2.74. The van der Waals surface area contributed by atoms with E-state index in [2.05, 4.69) is 5.32 Å². The lowest BCUT2D eigenvalue weighted by molar-refractivity contribution is 0.0247.